The lowest BCUT2D eigenvalue weighted by Gasteiger charge is -2.48. The number of ketones is 1. The molecule has 2 aromatic carbocycles. The predicted molar refractivity (Wildman–Crippen MR) is 125 cm³/mol. The minimum atomic E-state index is -0.404. The Morgan fingerprint density at radius 3 is 2.20 bits per heavy atom. The van der Waals surface area contributed by atoms with Crippen LogP contribution < -0.4 is 0 Å². The Morgan fingerprint density at radius 2 is 1.63 bits per heavy atom. The second-order valence-corrected chi connectivity index (χ2v) is 10.1. The fourth-order valence-electron chi connectivity index (χ4n) is 4.90. The molecule has 0 fully saturated rings. The molecule has 0 aromatic heterocycles. The van der Waals surface area contributed by atoms with Crippen LogP contribution in [0.2, 0.25) is 0 Å². The lowest BCUT2D eigenvalue weighted by molar-refractivity contribution is 0.0600. The lowest BCUT2D eigenvalue weighted by Crippen LogP contribution is -2.42. The Balaban J connectivity index is 2.05. The molecule has 1 unspecified atom stereocenters. The van der Waals surface area contributed by atoms with E-state index < -0.39 is 5.97 Å². The quantitative estimate of drug-likeness (QED) is 0.369. The van der Waals surface area contributed by atoms with Gasteiger partial charge in [-0.05, 0) is 77.2 Å². The zero-order chi connectivity index (χ0) is 22.3. The maximum Gasteiger partial charge on any atom is 0.337 e. The average molecular weight is 425 g/mol. The Morgan fingerprint density at radius 1 is 1.03 bits per heavy atom. The number of aryl methyl sites for hydroxylation is 1. The summed E-state index contributed by atoms with van der Waals surface area (Å²) >= 11 is 4.49. The summed E-state index contributed by atoms with van der Waals surface area (Å²) in [6, 6.07) is 11.0. The summed E-state index contributed by atoms with van der Waals surface area (Å²) in [5.74, 6) is 1.03. The normalized spacial score (nSPS) is 19.1. The monoisotopic (exact) mass is 424 g/mol. The van der Waals surface area contributed by atoms with Gasteiger partial charge in [0.15, 0.2) is 5.78 Å². The standard InChI is InChI=1S/C26H32O3S/c1-16-13-22-21(25(2,3)15-19(11-12-30)26(22,4)5)14-20(16)23(27)17-7-9-18(10-8-17)24(28)29-6/h7-10,13-14,19,30H,11-12,15H2,1-6H3. The van der Waals surface area contributed by atoms with E-state index in [0.717, 1.165) is 29.7 Å². The van der Waals surface area contributed by atoms with Crippen LogP contribution in [0.1, 0.15) is 83.5 Å². The zero-order valence-electron chi connectivity index (χ0n) is 18.8. The van der Waals surface area contributed by atoms with Gasteiger partial charge in [0, 0.05) is 11.1 Å². The van der Waals surface area contributed by atoms with Crippen molar-refractivity contribution in [2.75, 3.05) is 12.9 Å². The van der Waals surface area contributed by atoms with Crippen LogP contribution in [0.3, 0.4) is 0 Å². The molecule has 1 aliphatic carbocycles. The molecule has 0 bridgehead atoms. The summed E-state index contributed by atoms with van der Waals surface area (Å²) in [6.45, 7) is 11.2. The van der Waals surface area contributed by atoms with Crippen LogP contribution in [0.4, 0.5) is 0 Å². The fraction of sp³-hybridized carbons (Fsp3) is 0.462. The minimum absolute atomic E-state index is 0.00403. The lowest BCUT2D eigenvalue weighted by atomic mass is 9.56. The van der Waals surface area contributed by atoms with Gasteiger partial charge < -0.3 is 4.74 Å². The summed E-state index contributed by atoms with van der Waals surface area (Å²) in [6.07, 6.45) is 2.17. The molecule has 4 heteroatoms. The van der Waals surface area contributed by atoms with Gasteiger partial charge in [-0.25, -0.2) is 4.79 Å². The Bertz CT molecular complexity index is 971. The maximum absolute atomic E-state index is 13.3. The van der Waals surface area contributed by atoms with Crippen molar-refractivity contribution in [3.05, 3.63) is 69.8 Å². The first kappa shape index (κ1) is 22.6. The van der Waals surface area contributed by atoms with Gasteiger partial charge in [-0.15, -0.1) is 0 Å². The van der Waals surface area contributed by atoms with Crippen molar-refractivity contribution in [2.24, 2.45) is 5.92 Å². The summed E-state index contributed by atoms with van der Waals surface area (Å²) < 4.78 is 4.74. The molecular weight excluding hydrogens is 392 g/mol. The van der Waals surface area contributed by atoms with Gasteiger partial charge in [-0.2, -0.15) is 12.6 Å². The molecule has 0 spiro atoms. The van der Waals surface area contributed by atoms with Crippen LogP contribution in [0, 0.1) is 12.8 Å². The summed E-state index contributed by atoms with van der Waals surface area (Å²) in [4.78, 5) is 25.0. The molecule has 3 nitrogen and oxygen atoms in total. The number of rotatable bonds is 5. The molecule has 2 aromatic rings. The van der Waals surface area contributed by atoms with Gasteiger partial charge in [-0.3, -0.25) is 4.79 Å². The highest BCUT2D eigenvalue weighted by molar-refractivity contribution is 7.80. The van der Waals surface area contributed by atoms with E-state index in [1.165, 1.54) is 18.2 Å². The number of carbonyl (C=O) groups excluding carboxylic acids is 2. The van der Waals surface area contributed by atoms with Crippen molar-refractivity contribution in [3.63, 3.8) is 0 Å². The van der Waals surface area contributed by atoms with Gasteiger partial charge in [0.25, 0.3) is 0 Å². The van der Waals surface area contributed by atoms with Crippen molar-refractivity contribution >= 4 is 24.4 Å². The minimum Gasteiger partial charge on any atom is -0.465 e. The molecule has 0 saturated carbocycles. The van der Waals surface area contributed by atoms with Crippen molar-refractivity contribution in [1.29, 1.82) is 0 Å². The highest BCUT2D eigenvalue weighted by Crippen LogP contribution is 2.51. The number of hydrogen-bond donors (Lipinski definition) is 1. The molecule has 0 radical (unpaired) electrons. The van der Waals surface area contributed by atoms with Gasteiger partial charge >= 0.3 is 5.97 Å². The smallest absolute Gasteiger partial charge is 0.337 e. The third-order valence-electron chi connectivity index (χ3n) is 6.86. The summed E-state index contributed by atoms with van der Waals surface area (Å²) in [5, 5.41) is 0. The summed E-state index contributed by atoms with van der Waals surface area (Å²) in [7, 11) is 1.35. The highest BCUT2D eigenvalue weighted by Gasteiger charge is 2.44. The van der Waals surface area contributed by atoms with Crippen LogP contribution in [0.25, 0.3) is 0 Å². The average Bonchev–Trinajstić information content (AvgIpc) is 2.71. The van der Waals surface area contributed by atoms with E-state index in [0.29, 0.717) is 17.0 Å². The van der Waals surface area contributed by atoms with Gasteiger partial charge in [0.05, 0.1) is 12.7 Å². The fourth-order valence-corrected chi connectivity index (χ4v) is 5.21. The number of hydrogen-bond acceptors (Lipinski definition) is 4. The summed E-state index contributed by atoms with van der Waals surface area (Å²) in [5.41, 5.74) is 5.39. The van der Waals surface area contributed by atoms with E-state index in [9.17, 15) is 9.59 Å². The second kappa shape index (κ2) is 8.22. The number of carbonyl (C=O) groups is 2. The Hall–Kier alpha value is -2.07. The van der Waals surface area contributed by atoms with E-state index in [1.807, 2.05) is 6.92 Å². The molecule has 0 aliphatic heterocycles. The number of fused-ring (bicyclic) bond motifs is 1. The molecule has 0 heterocycles. The van der Waals surface area contributed by atoms with E-state index in [4.69, 9.17) is 4.74 Å². The van der Waals surface area contributed by atoms with Gasteiger partial charge in [0.2, 0.25) is 0 Å². The van der Waals surface area contributed by atoms with Gasteiger partial charge in [-0.1, -0.05) is 45.9 Å². The number of esters is 1. The van der Waals surface area contributed by atoms with E-state index in [-0.39, 0.29) is 16.6 Å². The first-order valence-electron chi connectivity index (χ1n) is 10.5. The van der Waals surface area contributed by atoms with Crippen LogP contribution in [0.5, 0.6) is 0 Å². The van der Waals surface area contributed by atoms with Crippen LogP contribution in [0.15, 0.2) is 36.4 Å². The number of thiol groups is 1. The highest BCUT2D eigenvalue weighted by atomic mass is 32.1. The first-order valence-corrected chi connectivity index (χ1v) is 11.2. The third kappa shape index (κ3) is 3.94. The predicted octanol–water partition coefficient (Wildman–Crippen LogP) is 5.91. The Kier molecular flexibility index (Phi) is 6.20. The number of ether oxygens (including phenoxy) is 1. The van der Waals surface area contributed by atoms with E-state index >= 15 is 0 Å². The van der Waals surface area contributed by atoms with Crippen LogP contribution in [-0.2, 0) is 15.6 Å². The van der Waals surface area contributed by atoms with Crippen molar-refractivity contribution in [3.8, 4) is 0 Å². The van der Waals surface area contributed by atoms with E-state index in [2.05, 4.69) is 52.5 Å². The SMILES string of the molecule is COC(=O)c1ccc(C(=O)c2cc3c(cc2C)C(C)(C)C(CCS)CC3(C)C)cc1. The van der Waals surface area contributed by atoms with Crippen molar-refractivity contribution in [2.45, 2.75) is 58.3 Å². The second-order valence-electron chi connectivity index (χ2n) is 9.63. The largest absolute Gasteiger partial charge is 0.465 e. The maximum atomic E-state index is 13.3. The molecule has 30 heavy (non-hydrogen) atoms. The Labute approximate surface area is 185 Å². The van der Waals surface area contributed by atoms with E-state index in [1.54, 1.807) is 24.3 Å². The van der Waals surface area contributed by atoms with Crippen LogP contribution in [-0.4, -0.2) is 24.6 Å². The molecule has 0 amide bonds. The molecule has 0 saturated heterocycles. The zero-order valence-corrected chi connectivity index (χ0v) is 19.7. The van der Waals surface area contributed by atoms with Crippen molar-refractivity contribution < 1.29 is 14.3 Å². The molecule has 1 atom stereocenters. The molecule has 0 N–H and O–H groups in total. The number of benzene rings is 2. The number of methoxy groups -OCH3 is 1. The van der Waals surface area contributed by atoms with Crippen molar-refractivity contribution in [1.82, 2.24) is 0 Å². The molecule has 160 valence electrons. The molecular formula is C26H32O3S. The van der Waals surface area contributed by atoms with Gasteiger partial charge in [0.1, 0.15) is 0 Å². The topological polar surface area (TPSA) is 43.4 Å². The van der Waals surface area contributed by atoms with Crippen LogP contribution >= 0.6 is 12.6 Å². The third-order valence-corrected chi connectivity index (χ3v) is 7.11. The molecule has 3 rings (SSSR count). The first-order chi connectivity index (χ1) is 14.0. The molecule has 1 aliphatic rings.